The van der Waals surface area contributed by atoms with Gasteiger partial charge in [-0.05, 0) is 19.4 Å². The number of nitrogens with two attached hydrogens (primary N) is 1. The van der Waals surface area contributed by atoms with Gasteiger partial charge in [-0.2, -0.15) is 0 Å². The molecule has 1 aromatic rings. The minimum Gasteiger partial charge on any atom is -0.348 e. The second-order valence-electron chi connectivity index (χ2n) is 3.43. The molecule has 1 amide bonds. The lowest BCUT2D eigenvalue weighted by molar-refractivity contribution is -0.122. The second kappa shape index (κ2) is 4.77. The Bertz CT molecular complexity index is 295. The maximum absolute atomic E-state index is 11.3. The fourth-order valence-electron chi connectivity index (χ4n) is 1.17. The molecule has 0 saturated heterocycles. The molecule has 14 heavy (non-hydrogen) atoms. The van der Waals surface area contributed by atoms with E-state index in [1.807, 2.05) is 37.3 Å². The minimum absolute atomic E-state index is 0.00898. The third-order valence-electron chi connectivity index (χ3n) is 2.07. The Morgan fingerprint density at radius 2 is 1.86 bits per heavy atom. The summed E-state index contributed by atoms with van der Waals surface area (Å²) < 4.78 is 0. The van der Waals surface area contributed by atoms with Crippen molar-refractivity contribution in [2.45, 2.75) is 25.9 Å². The van der Waals surface area contributed by atoms with Crippen LogP contribution in [0, 0.1) is 0 Å². The minimum atomic E-state index is -0.457. The predicted molar refractivity (Wildman–Crippen MR) is 56.6 cm³/mol. The normalized spacial score (nSPS) is 14.5. The van der Waals surface area contributed by atoms with Crippen molar-refractivity contribution in [3.05, 3.63) is 35.9 Å². The third kappa shape index (κ3) is 2.85. The van der Waals surface area contributed by atoms with Gasteiger partial charge in [0.05, 0.1) is 12.1 Å². The van der Waals surface area contributed by atoms with E-state index in [1.54, 1.807) is 6.92 Å². The van der Waals surface area contributed by atoms with E-state index < -0.39 is 6.04 Å². The first kappa shape index (κ1) is 10.7. The van der Waals surface area contributed by atoms with Crippen molar-refractivity contribution in [1.29, 1.82) is 0 Å². The van der Waals surface area contributed by atoms with Crippen molar-refractivity contribution >= 4 is 5.91 Å². The predicted octanol–water partition coefficient (Wildman–Crippen LogP) is 1.21. The van der Waals surface area contributed by atoms with Gasteiger partial charge in [0.1, 0.15) is 0 Å². The number of hydrogen-bond acceptors (Lipinski definition) is 2. The first-order valence-corrected chi connectivity index (χ1v) is 4.72. The summed E-state index contributed by atoms with van der Waals surface area (Å²) >= 11 is 0. The summed E-state index contributed by atoms with van der Waals surface area (Å²) in [6.45, 7) is 3.61. The van der Waals surface area contributed by atoms with Crippen molar-refractivity contribution in [3.8, 4) is 0 Å². The van der Waals surface area contributed by atoms with E-state index in [-0.39, 0.29) is 11.9 Å². The van der Waals surface area contributed by atoms with Crippen molar-refractivity contribution in [1.82, 2.24) is 5.32 Å². The van der Waals surface area contributed by atoms with Gasteiger partial charge in [0.25, 0.3) is 0 Å². The molecule has 0 fully saturated rings. The fraction of sp³-hybridized carbons (Fsp3) is 0.364. The number of rotatable bonds is 3. The van der Waals surface area contributed by atoms with Crippen LogP contribution in [0.15, 0.2) is 30.3 Å². The van der Waals surface area contributed by atoms with Crippen LogP contribution in [0.1, 0.15) is 25.5 Å². The van der Waals surface area contributed by atoms with Crippen molar-refractivity contribution < 1.29 is 4.79 Å². The van der Waals surface area contributed by atoms with E-state index in [4.69, 9.17) is 5.73 Å². The van der Waals surface area contributed by atoms with Crippen molar-refractivity contribution in [2.75, 3.05) is 0 Å². The fourth-order valence-corrected chi connectivity index (χ4v) is 1.17. The topological polar surface area (TPSA) is 55.1 Å². The SMILES string of the molecule is CC(NC(=O)[C@@H](C)N)c1ccccc1. The molecule has 0 spiro atoms. The molecule has 0 saturated carbocycles. The molecular formula is C11H16N2O. The van der Waals surface area contributed by atoms with Gasteiger partial charge in [-0.25, -0.2) is 0 Å². The molecule has 3 nitrogen and oxygen atoms in total. The first-order valence-electron chi connectivity index (χ1n) is 4.72. The van der Waals surface area contributed by atoms with Gasteiger partial charge in [0, 0.05) is 0 Å². The highest BCUT2D eigenvalue weighted by atomic mass is 16.2. The Hall–Kier alpha value is -1.35. The lowest BCUT2D eigenvalue weighted by Gasteiger charge is -2.15. The maximum Gasteiger partial charge on any atom is 0.237 e. The zero-order valence-electron chi connectivity index (χ0n) is 8.53. The van der Waals surface area contributed by atoms with Crippen LogP contribution >= 0.6 is 0 Å². The number of hydrogen-bond donors (Lipinski definition) is 2. The first-order chi connectivity index (χ1) is 6.61. The molecule has 0 aromatic heterocycles. The van der Waals surface area contributed by atoms with Gasteiger partial charge in [0.15, 0.2) is 0 Å². The highest BCUT2D eigenvalue weighted by Crippen LogP contribution is 2.10. The number of benzene rings is 1. The van der Waals surface area contributed by atoms with Crippen LogP contribution in [0.5, 0.6) is 0 Å². The summed E-state index contributed by atoms with van der Waals surface area (Å²) in [4.78, 5) is 11.3. The van der Waals surface area contributed by atoms with E-state index in [1.165, 1.54) is 0 Å². The highest BCUT2D eigenvalue weighted by Gasteiger charge is 2.11. The lowest BCUT2D eigenvalue weighted by Crippen LogP contribution is -2.39. The lowest BCUT2D eigenvalue weighted by atomic mass is 10.1. The Labute approximate surface area is 84.3 Å². The number of nitrogens with one attached hydrogen (secondary N) is 1. The second-order valence-corrected chi connectivity index (χ2v) is 3.43. The van der Waals surface area contributed by atoms with Gasteiger partial charge in [0.2, 0.25) is 5.91 Å². The summed E-state index contributed by atoms with van der Waals surface area (Å²) in [5, 5.41) is 2.83. The maximum atomic E-state index is 11.3. The van der Waals surface area contributed by atoms with Crippen LogP contribution in [0.2, 0.25) is 0 Å². The average Bonchev–Trinajstić information content (AvgIpc) is 2.19. The van der Waals surface area contributed by atoms with E-state index >= 15 is 0 Å². The molecule has 0 aliphatic carbocycles. The van der Waals surface area contributed by atoms with E-state index in [0.29, 0.717) is 0 Å². The smallest absolute Gasteiger partial charge is 0.237 e. The molecular weight excluding hydrogens is 176 g/mol. The van der Waals surface area contributed by atoms with Crippen LogP contribution in [-0.4, -0.2) is 11.9 Å². The Balaban J connectivity index is 2.59. The quantitative estimate of drug-likeness (QED) is 0.756. The molecule has 1 rings (SSSR count). The largest absolute Gasteiger partial charge is 0.348 e. The molecule has 0 bridgehead atoms. The number of amides is 1. The summed E-state index contributed by atoms with van der Waals surface area (Å²) in [7, 11) is 0. The summed E-state index contributed by atoms with van der Waals surface area (Å²) in [6, 6.07) is 9.35. The van der Waals surface area contributed by atoms with Crippen LogP contribution in [0.25, 0.3) is 0 Å². The van der Waals surface area contributed by atoms with Gasteiger partial charge in [-0.1, -0.05) is 30.3 Å². The Kier molecular flexibility index (Phi) is 3.65. The molecule has 3 heteroatoms. The molecule has 1 unspecified atom stereocenters. The summed E-state index contributed by atoms with van der Waals surface area (Å²) in [6.07, 6.45) is 0. The van der Waals surface area contributed by atoms with Gasteiger partial charge in [-0.3, -0.25) is 4.79 Å². The highest BCUT2D eigenvalue weighted by molar-refractivity contribution is 5.81. The van der Waals surface area contributed by atoms with Crippen molar-refractivity contribution in [3.63, 3.8) is 0 Å². The van der Waals surface area contributed by atoms with Gasteiger partial charge < -0.3 is 11.1 Å². The molecule has 0 radical (unpaired) electrons. The van der Waals surface area contributed by atoms with Crippen molar-refractivity contribution in [2.24, 2.45) is 5.73 Å². The Morgan fingerprint density at radius 3 is 2.36 bits per heavy atom. The molecule has 2 atom stereocenters. The molecule has 0 aliphatic rings. The monoisotopic (exact) mass is 192 g/mol. The summed E-state index contributed by atoms with van der Waals surface area (Å²) in [5.74, 6) is -0.124. The third-order valence-corrected chi connectivity index (χ3v) is 2.07. The van der Waals surface area contributed by atoms with E-state index in [2.05, 4.69) is 5.32 Å². The average molecular weight is 192 g/mol. The molecule has 1 aromatic carbocycles. The Morgan fingerprint density at radius 1 is 1.29 bits per heavy atom. The number of carbonyl (C=O) groups excluding carboxylic acids is 1. The van der Waals surface area contributed by atoms with Crippen LogP contribution in [0.4, 0.5) is 0 Å². The van der Waals surface area contributed by atoms with Crippen LogP contribution in [-0.2, 0) is 4.79 Å². The van der Waals surface area contributed by atoms with E-state index in [9.17, 15) is 4.79 Å². The molecule has 3 N–H and O–H groups in total. The molecule has 0 aliphatic heterocycles. The number of carbonyl (C=O) groups is 1. The standard InChI is InChI=1S/C11H16N2O/c1-8(12)11(14)13-9(2)10-6-4-3-5-7-10/h3-9H,12H2,1-2H3,(H,13,14)/t8-,9?/m1/s1. The molecule has 0 heterocycles. The van der Waals surface area contributed by atoms with Gasteiger partial charge in [-0.15, -0.1) is 0 Å². The van der Waals surface area contributed by atoms with Crippen LogP contribution < -0.4 is 11.1 Å². The zero-order chi connectivity index (χ0) is 10.6. The van der Waals surface area contributed by atoms with Crippen LogP contribution in [0.3, 0.4) is 0 Å². The summed E-state index contributed by atoms with van der Waals surface area (Å²) in [5.41, 5.74) is 6.53. The van der Waals surface area contributed by atoms with Gasteiger partial charge >= 0.3 is 0 Å². The zero-order valence-corrected chi connectivity index (χ0v) is 8.53. The van der Waals surface area contributed by atoms with E-state index in [0.717, 1.165) is 5.56 Å². The molecule has 76 valence electrons.